The Morgan fingerprint density at radius 2 is 1.49 bits per heavy atom. The summed E-state index contributed by atoms with van der Waals surface area (Å²) in [5, 5.41) is 13.2. The van der Waals surface area contributed by atoms with E-state index < -0.39 is 35.6 Å². The molecule has 21 heteroatoms. The zero-order chi connectivity index (χ0) is 49.1. The number of aromatic nitrogens is 4. The number of likely N-dealkylation sites (tertiary alicyclic amines) is 1. The van der Waals surface area contributed by atoms with Gasteiger partial charge in [-0.05, 0) is 82.9 Å². The molecule has 6 amide bonds. The molecule has 21 nitrogen and oxygen atoms in total. The lowest BCUT2D eigenvalue weighted by Gasteiger charge is -2.42. The van der Waals surface area contributed by atoms with Crippen LogP contribution in [-0.4, -0.2) is 182 Å². The van der Waals surface area contributed by atoms with Crippen LogP contribution in [0.3, 0.4) is 0 Å². The summed E-state index contributed by atoms with van der Waals surface area (Å²) < 4.78 is 7.05. The molecule has 4 saturated heterocycles. The predicted molar refractivity (Wildman–Crippen MR) is 257 cm³/mol. The molecule has 0 spiro atoms. The van der Waals surface area contributed by atoms with Crippen LogP contribution >= 0.6 is 0 Å². The van der Waals surface area contributed by atoms with Crippen LogP contribution in [0.2, 0.25) is 0 Å². The summed E-state index contributed by atoms with van der Waals surface area (Å²) in [6.45, 7) is 12.3. The smallest absolute Gasteiger partial charge is 0.343 e. The van der Waals surface area contributed by atoms with E-state index in [0.29, 0.717) is 61.2 Å². The third-order valence-corrected chi connectivity index (χ3v) is 14.9. The number of anilines is 4. The summed E-state index contributed by atoms with van der Waals surface area (Å²) in [4.78, 5) is 111. The molecule has 5 aliphatic heterocycles. The molecular formula is C49H65N13O8. The van der Waals surface area contributed by atoms with Gasteiger partial charge in [-0.2, -0.15) is 10.1 Å². The minimum Gasteiger partial charge on any atom is -0.462 e. The highest BCUT2D eigenvalue weighted by Crippen LogP contribution is 2.33. The fourth-order valence-electron chi connectivity index (χ4n) is 11.0. The molecule has 3 aromatic rings. The van der Waals surface area contributed by atoms with Crippen LogP contribution in [0.25, 0.3) is 0 Å². The average molecular weight is 964 g/mol. The predicted octanol–water partition coefficient (Wildman–Crippen LogP) is 2.55. The number of imide groups is 2. The lowest BCUT2D eigenvalue weighted by atomic mass is 9.89. The van der Waals surface area contributed by atoms with E-state index >= 15 is 0 Å². The maximum absolute atomic E-state index is 13.4. The first-order valence-corrected chi connectivity index (χ1v) is 25.0. The number of piperidine rings is 2. The van der Waals surface area contributed by atoms with E-state index in [1.807, 2.05) is 29.1 Å². The maximum Gasteiger partial charge on any atom is 0.343 e. The van der Waals surface area contributed by atoms with Gasteiger partial charge in [0.1, 0.15) is 17.4 Å². The molecule has 1 atom stereocenters. The van der Waals surface area contributed by atoms with Crippen molar-refractivity contribution in [2.45, 2.75) is 96.2 Å². The number of ether oxygens (including phenoxy) is 1. The van der Waals surface area contributed by atoms with Gasteiger partial charge in [-0.1, -0.05) is 0 Å². The van der Waals surface area contributed by atoms with Gasteiger partial charge in [0.15, 0.2) is 0 Å². The van der Waals surface area contributed by atoms with Crippen molar-refractivity contribution in [1.29, 1.82) is 0 Å². The topological polar surface area (TPSA) is 228 Å². The SMILES string of the molecule is CCOC(=O)c1c(C)nc(Nc2cnn(C)c2)nc1NC1CCC(N2CCN(C(=O)CCC(=O)N3CCC(CN4CCN(c5ccc6c(c5)C(=O)N(C5CCC(=O)NC5=O)C6=O)CC4)CC3)CC2)CC1. The molecule has 1 saturated carbocycles. The molecule has 3 N–H and O–H groups in total. The second-order valence-electron chi connectivity index (χ2n) is 19.5. The number of rotatable bonds is 14. The summed E-state index contributed by atoms with van der Waals surface area (Å²) in [6.07, 6.45) is 9.78. The van der Waals surface area contributed by atoms with E-state index in [2.05, 4.69) is 40.7 Å². The number of fused-ring (bicyclic) bond motifs is 1. The first-order chi connectivity index (χ1) is 33.8. The first kappa shape index (κ1) is 48.5. The molecule has 1 aromatic carbocycles. The Morgan fingerprint density at radius 3 is 2.14 bits per heavy atom. The number of carbonyl (C=O) groups is 7. The lowest BCUT2D eigenvalue weighted by molar-refractivity contribution is -0.139. The van der Waals surface area contributed by atoms with Crippen LogP contribution in [0.1, 0.15) is 108 Å². The quantitative estimate of drug-likeness (QED) is 0.156. The van der Waals surface area contributed by atoms with Gasteiger partial charge >= 0.3 is 5.97 Å². The standard InChI is InChI=1S/C49H65N13O8/c1-4-70-48(69)43-31(2)51-49(53-34-28-50-56(3)30-34)55-44(43)52-33-5-7-35(8-6-33)58-23-25-61(26-24-58)42(65)14-13-41(64)60-17-15-32(16-18-60)29-57-19-21-59(22-20-57)36-9-10-37-38(27-36)47(68)62(46(37)67)39-11-12-40(63)54-45(39)66/h9-10,27-28,30,32-33,35,39H,4-8,11-26,29H2,1-3H3,(H,54,63,66)(H2,51,52,53,55). The van der Waals surface area contributed by atoms with Crippen molar-refractivity contribution in [2.75, 3.05) is 94.1 Å². The minimum atomic E-state index is -0.990. The Balaban J connectivity index is 0.662. The van der Waals surface area contributed by atoms with Crippen molar-refractivity contribution in [2.24, 2.45) is 13.0 Å². The van der Waals surface area contributed by atoms with Crippen LogP contribution in [-0.2, 0) is 31.0 Å². The lowest BCUT2D eigenvalue weighted by Crippen LogP contribution is -2.54. The third-order valence-electron chi connectivity index (χ3n) is 14.9. The van der Waals surface area contributed by atoms with Crippen molar-refractivity contribution in [3.05, 3.63) is 53.0 Å². The average Bonchev–Trinajstić information content (AvgIpc) is 3.88. The Labute approximate surface area is 407 Å². The van der Waals surface area contributed by atoms with E-state index in [-0.39, 0.29) is 61.3 Å². The number of aryl methyl sites for hydroxylation is 2. The van der Waals surface area contributed by atoms with Crippen molar-refractivity contribution in [1.82, 2.24) is 49.6 Å². The number of nitrogens with zero attached hydrogens (tertiary/aromatic N) is 10. The molecule has 1 unspecified atom stereocenters. The molecule has 9 rings (SSSR count). The van der Waals surface area contributed by atoms with Gasteiger partial charge < -0.3 is 30.1 Å². The fraction of sp³-hybridized carbons (Fsp3) is 0.592. The van der Waals surface area contributed by atoms with E-state index in [0.717, 1.165) is 101 Å². The Kier molecular flexibility index (Phi) is 14.7. The second kappa shape index (κ2) is 21.3. The van der Waals surface area contributed by atoms with E-state index in [1.54, 1.807) is 36.9 Å². The van der Waals surface area contributed by atoms with Gasteiger partial charge in [-0.15, -0.1) is 0 Å². The molecule has 0 radical (unpaired) electrons. The van der Waals surface area contributed by atoms with E-state index in [9.17, 15) is 33.6 Å². The molecule has 374 valence electrons. The van der Waals surface area contributed by atoms with Gasteiger partial charge in [0.2, 0.25) is 29.6 Å². The van der Waals surface area contributed by atoms with Crippen LogP contribution < -0.4 is 20.9 Å². The molecule has 0 bridgehead atoms. The van der Waals surface area contributed by atoms with Crippen molar-refractivity contribution < 1.29 is 38.3 Å². The molecule has 2 aromatic heterocycles. The van der Waals surface area contributed by atoms with Crippen LogP contribution in [0.5, 0.6) is 0 Å². The van der Waals surface area contributed by atoms with Crippen LogP contribution in [0.15, 0.2) is 30.6 Å². The molecule has 70 heavy (non-hydrogen) atoms. The van der Waals surface area contributed by atoms with Gasteiger partial charge in [0, 0.05) is 122 Å². The number of carbonyl (C=O) groups excluding carboxylic acids is 7. The summed E-state index contributed by atoms with van der Waals surface area (Å²) >= 11 is 0. The molecule has 7 heterocycles. The molecule has 1 aliphatic carbocycles. The maximum atomic E-state index is 13.4. The van der Waals surface area contributed by atoms with E-state index in [1.165, 1.54) is 0 Å². The number of hydrogen-bond donors (Lipinski definition) is 3. The monoisotopic (exact) mass is 964 g/mol. The fourth-order valence-corrected chi connectivity index (χ4v) is 11.0. The molecule has 6 aliphatic rings. The van der Waals surface area contributed by atoms with Crippen molar-refractivity contribution >= 4 is 64.6 Å². The zero-order valence-electron chi connectivity index (χ0n) is 40.5. The normalized spacial score (nSPS) is 22.8. The Hall–Kier alpha value is -6.48. The first-order valence-electron chi connectivity index (χ1n) is 25.0. The third kappa shape index (κ3) is 10.8. The molecular weight excluding hydrogens is 899 g/mol. The van der Waals surface area contributed by atoms with Crippen LogP contribution in [0.4, 0.5) is 23.1 Å². The number of benzene rings is 1. The van der Waals surface area contributed by atoms with Crippen molar-refractivity contribution in [3.8, 4) is 0 Å². The van der Waals surface area contributed by atoms with Gasteiger partial charge in [0.05, 0.1) is 35.3 Å². The van der Waals surface area contributed by atoms with Crippen molar-refractivity contribution in [3.63, 3.8) is 0 Å². The second-order valence-corrected chi connectivity index (χ2v) is 19.5. The summed E-state index contributed by atoms with van der Waals surface area (Å²) in [6, 6.07) is 4.81. The largest absolute Gasteiger partial charge is 0.462 e. The zero-order valence-corrected chi connectivity index (χ0v) is 40.5. The number of piperazine rings is 2. The number of hydrogen-bond acceptors (Lipinski definition) is 16. The number of nitrogens with one attached hydrogen (secondary N) is 3. The highest BCUT2D eigenvalue weighted by atomic mass is 16.5. The van der Waals surface area contributed by atoms with Gasteiger partial charge in [-0.3, -0.25) is 53.5 Å². The van der Waals surface area contributed by atoms with Crippen LogP contribution in [0, 0.1) is 12.8 Å². The summed E-state index contributed by atoms with van der Waals surface area (Å²) in [7, 11) is 1.83. The Morgan fingerprint density at radius 1 is 0.800 bits per heavy atom. The minimum absolute atomic E-state index is 0.0408. The van der Waals surface area contributed by atoms with Gasteiger partial charge in [-0.25, -0.2) is 9.78 Å². The summed E-state index contributed by atoms with van der Waals surface area (Å²) in [5.41, 5.74) is 3.03. The Bertz CT molecular complexity index is 2480. The highest BCUT2D eigenvalue weighted by Gasteiger charge is 2.45. The van der Waals surface area contributed by atoms with Gasteiger partial charge in [0.25, 0.3) is 11.8 Å². The summed E-state index contributed by atoms with van der Waals surface area (Å²) in [5.74, 6) is -1.09. The molecule has 5 fully saturated rings. The number of amides is 6. The number of esters is 1. The highest BCUT2D eigenvalue weighted by molar-refractivity contribution is 6.23. The van der Waals surface area contributed by atoms with E-state index in [4.69, 9.17) is 9.72 Å².